The molecule has 156 valence electrons. The molecule has 30 heavy (non-hydrogen) atoms. The van der Waals surface area contributed by atoms with Gasteiger partial charge in [-0.25, -0.2) is 0 Å². The molecule has 1 aliphatic heterocycles. The Morgan fingerprint density at radius 3 is 2.40 bits per heavy atom. The average molecular weight is 417 g/mol. The molecule has 6 rings (SSSR count). The van der Waals surface area contributed by atoms with Crippen molar-refractivity contribution in [3.8, 4) is 17.2 Å². The van der Waals surface area contributed by atoms with Crippen LogP contribution in [0.4, 0.5) is 8.78 Å². The number of nitrogens with one attached hydrogen (secondary N) is 2. The molecule has 2 N–H and O–H groups in total. The lowest BCUT2D eigenvalue weighted by molar-refractivity contribution is -0.286. The smallest absolute Gasteiger partial charge is 0.484 e. The fraction of sp³-hybridized carbons (Fsp3) is 0.350. The van der Waals surface area contributed by atoms with Gasteiger partial charge in [-0.2, -0.15) is 0 Å². The molecule has 8 nitrogen and oxygen atoms in total. The van der Waals surface area contributed by atoms with Gasteiger partial charge in [0.15, 0.2) is 18.1 Å². The molecule has 2 bridgehead atoms. The van der Waals surface area contributed by atoms with E-state index in [9.17, 15) is 18.4 Å². The van der Waals surface area contributed by atoms with Crippen molar-refractivity contribution in [1.82, 2.24) is 15.6 Å². The van der Waals surface area contributed by atoms with Crippen LogP contribution in [0.2, 0.25) is 0 Å². The third kappa shape index (κ3) is 3.27. The van der Waals surface area contributed by atoms with E-state index in [-0.39, 0.29) is 46.7 Å². The Morgan fingerprint density at radius 2 is 1.67 bits per heavy atom. The van der Waals surface area contributed by atoms with Crippen LogP contribution in [-0.4, -0.2) is 40.8 Å². The molecular weight excluding hydrogens is 400 g/mol. The first-order valence-electron chi connectivity index (χ1n) is 9.32. The zero-order valence-electron chi connectivity index (χ0n) is 15.6. The number of rotatable bonds is 6. The van der Waals surface area contributed by atoms with Gasteiger partial charge in [0.1, 0.15) is 5.75 Å². The molecule has 2 aromatic rings. The highest BCUT2D eigenvalue weighted by atomic mass is 19.3. The molecule has 10 heteroatoms. The summed E-state index contributed by atoms with van der Waals surface area (Å²) in [6, 6.07) is 7.25. The molecule has 3 fully saturated rings. The van der Waals surface area contributed by atoms with Crippen molar-refractivity contribution in [1.29, 1.82) is 0 Å². The van der Waals surface area contributed by atoms with Crippen molar-refractivity contribution in [3.63, 3.8) is 0 Å². The summed E-state index contributed by atoms with van der Waals surface area (Å²) < 4.78 is 40.1. The van der Waals surface area contributed by atoms with E-state index in [0.29, 0.717) is 24.8 Å². The van der Waals surface area contributed by atoms with Crippen LogP contribution in [0.15, 0.2) is 42.7 Å². The van der Waals surface area contributed by atoms with Crippen LogP contribution >= 0.6 is 0 Å². The third-order valence-corrected chi connectivity index (χ3v) is 5.50. The third-order valence-electron chi connectivity index (χ3n) is 5.50. The molecule has 0 radical (unpaired) electrons. The number of fused-ring (bicyclic) bond motifs is 1. The van der Waals surface area contributed by atoms with Crippen LogP contribution in [-0.2, 0) is 4.79 Å². The van der Waals surface area contributed by atoms with Gasteiger partial charge in [0.05, 0.1) is 0 Å². The number of halogens is 2. The second-order valence-corrected chi connectivity index (χ2v) is 7.89. The number of nitrogens with zero attached hydrogens (tertiary/aromatic N) is 1. The van der Waals surface area contributed by atoms with Gasteiger partial charge in [0.2, 0.25) is 0 Å². The van der Waals surface area contributed by atoms with Gasteiger partial charge in [-0.1, -0.05) is 0 Å². The van der Waals surface area contributed by atoms with E-state index in [2.05, 4.69) is 25.1 Å². The minimum atomic E-state index is -3.70. The predicted molar refractivity (Wildman–Crippen MR) is 97.3 cm³/mol. The van der Waals surface area contributed by atoms with E-state index in [1.807, 2.05) is 0 Å². The topological polar surface area (TPSA) is 98.8 Å². The molecular formula is C20H17F2N3O5. The highest BCUT2D eigenvalue weighted by molar-refractivity contribution is 5.95. The number of benzene rings is 1. The van der Waals surface area contributed by atoms with E-state index in [1.165, 1.54) is 18.2 Å². The number of carbonyl (C=O) groups is 2. The van der Waals surface area contributed by atoms with Crippen molar-refractivity contribution in [2.24, 2.45) is 0 Å². The Morgan fingerprint density at radius 1 is 1.00 bits per heavy atom. The largest absolute Gasteiger partial charge is 0.586 e. The van der Waals surface area contributed by atoms with E-state index < -0.39 is 6.29 Å². The Balaban J connectivity index is 1.09. The van der Waals surface area contributed by atoms with Crippen molar-refractivity contribution < 1.29 is 32.6 Å². The van der Waals surface area contributed by atoms with E-state index in [1.54, 1.807) is 24.5 Å². The van der Waals surface area contributed by atoms with Gasteiger partial charge in [0.25, 0.3) is 11.8 Å². The van der Waals surface area contributed by atoms with Gasteiger partial charge in [-0.15, -0.1) is 8.78 Å². The molecule has 0 atom stereocenters. The lowest BCUT2D eigenvalue weighted by atomic mass is 9.44. The molecule has 0 unspecified atom stereocenters. The molecule has 1 aromatic heterocycles. The summed E-state index contributed by atoms with van der Waals surface area (Å²) >= 11 is 0. The first-order valence-corrected chi connectivity index (χ1v) is 9.32. The number of pyridine rings is 1. The Labute approximate surface area is 169 Å². The van der Waals surface area contributed by atoms with Gasteiger partial charge in [-0.3, -0.25) is 14.6 Å². The lowest BCUT2D eigenvalue weighted by Crippen LogP contribution is -2.84. The average Bonchev–Trinajstić information content (AvgIpc) is 2.97. The second-order valence-electron chi connectivity index (χ2n) is 7.89. The van der Waals surface area contributed by atoms with Gasteiger partial charge in [0, 0.05) is 35.1 Å². The van der Waals surface area contributed by atoms with Crippen molar-refractivity contribution >= 4 is 11.8 Å². The first kappa shape index (κ1) is 18.6. The highest BCUT2D eigenvalue weighted by Crippen LogP contribution is 2.60. The number of hydrogen-bond donors (Lipinski definition) is 2. The quantitative estimate of drug-likeness (QED) is 0.746. The van der Waals surface area contributed by atoms with E-state index in [0.717, 1.165) is 0 Å². The minimum Gasteiger partial charge on any atom is -0.484 e. The normalized spacial score (nSPS) is 26.7. The maximum absolute atomic E-state index is 13.0. The monoisotopic (exact) mass is 417 g/mol. The Hall–Kier alpha value is -3.43. The fourth-order valence-electron chi connectivity index (χ4n) is 4.37. The number of alkyl halides is 2. The SMILES string of the molecule is O=C(COc1ccc2c(c1)OC(F)(F)O2)NC12CC(NC(=O)c3ccncc3)(C1)C2. The maximum Gasteiger partial charge on any atom is 0.586 e. The molecule has 3 aliphatic carbocycles. The molecule has 2 heterocycles. The number of carbonyl (C=O) groups excluding carboxylic acids is 2. The summed E-state index contributed by atoms with van der Waals surface area (Å²) in [6.07, 6.45) is 1.38. The van der Waals surface area contributed by atoms with Crippen LogP contribution in [0.25, 0.3) is 0 Å². The summed E-state index contributed by atoms with van der Waals surface area (Å²) in [5.41, 5.74) is -0.0670. The summed E-state index contributed by atoms with van der Waals surface area (Å²) in [4.78, 5) is 28.4. The molecule has 1 aromatic carbocycles. The molecule has 3 saturated carbocycles. The predicted octanol–water partition coefficient (Wildman–Crippen LogP) is 2.00. The van der Waals surface area contributed by atoms with Crippen LogP contribution < -0.4 is 24.8 Å². The zero-order chi connectivity index (χ0) is 21.0. The fourth-order valence-corrected chi connectivity index (χ4v) is 4.37. The van der Waals surface area contributed by atoms with Crippen molar-refractivity contribution in [3.05, 3.63) is 48.3 Å². The maximum atomic E-state index is 13.0. The summed E-state index contributed by atoms with van der Waals surface area (Å²) in [7, 11) is 0. The van der Waals surface area contributed by atoms with Crippen LogP contribution in [0.1, 0.15) is 29.6 Å². The molecule has 0 saturated heterocycles. The van der Waals surface area contributed by atoms with Gasteiger partial charge in [-0.05, 0) is 43.5 Å². The second kappa shape index (κ2) is 6.28. The Bertz CT molecular complexity index is 1010. The summed E-state index contributed by atoms with van der Waals surface area (Å²) in [6.45, 7) is -0.270. The standard InChI is InChI=1S/C20H17F2N3O5/c21-20(22)29-14-2-1-13(7-15(14)30-20)28-8-16(26)24-18-9-19(10-18,11-18)25-17(27)12-3-5-23-6-4-12/h1-7H,8-11H2,(H,24,26)(H,25,27). The molecule has 2 amide bonds. The number of hydrogen-bond acceptors (Lipinski definition) is 6. The lowest BCUT2D eigenvalue weighted by Gasteiger charge is -2.70. The van der Waals surface area contributed by atoms with Crippen LogP contribution in [0, 0.1) is 0 Å². The Kier molecular flexibility index (Phi) is 3.89. The van der Waals surface area contributed by atoms with Gasteiger partial charge < -0.3 is 24.8 Å². The van der Waals surface area contributed by atoms with Crippen LogP contribution in [0.5, 0.6) is 17.2 Å². The van der Waals surface area contributed by atoms with Crippen LogP contribution in [0.3, 0.4) is 0 Å². The van der Waals surface area contributed by atoms with E-state index >= 15 is 0 Å². The van der Waals surface area contributed by atoms with Gasteiger partial charge >= 0.3 is 6.29 Å². The molecule has 0 spiro atoms. The highest BCUT2D eigenvalue weighted by Gasteiger charge is 2.69. The summed E-state index contributed by atoms with van der Waals surface area (Å²) in [5.74, 6) is -0.515. The summed E-state index contributed by atoms with van der Waals surface area (Å²) in [5, 5.41) is 5.96. The number of amides is 2. The first-order chi connectivity index (χ1) is 14.3. The van der Waals surface area contributed by atoms with Crippen molar-refractivity contribution in [2.45, 2.75) is 36.6 Å². The van der Waals surface area contributed by atoms with E-state index in [4.69, 9.17) is 4.74 Å². The number of aromatic nitrogens is 1. The number of ether oxygens (including phenoxy) is 3. The zero-order valence-corrected chi connectivity index (χ0v) is 15.6. The van der Waals surface area contributed by atoms with Crippen molar-refractivity contribution in [2.75, 3.05) is 6.61 Å². The minimum absolute atomic E-state index is 0.0928. The molecule has 4 aliphatic rings.